The summed E-state index contributed by atoms with van der Waals surface area (Å²) < 4.78 is 25.2. The summed E-state index contributed by atoms with van der Waals surface area (Å²) in [6.07, 6.45) is 2.47. The zero-order valence-electron chi connectivity index (χ0n) is 16.5. The number of carbonyl (C=O) groups excluding carboxylic acids is 1. The maximum Gasteiger partial charge on any atom is 0.252 e. The molecule has 6 heteroatoms. The number of sulfone groups is 1. The molecule has 2 aromatic rings. The fraction of sp³-hybridized carbons (Fsp3) is 0.409. The summed E-state index contributed by atoms with van der Waals surface area (Å²) >= 11 is 0. The molecule has 3 rings (SSSR count). The van der Waals surface area contributed by atoms with Gasteiger partial charge in [-0.2, -0.15) is 0 Å². The highest BCUT2D eigenvalue weighted by molar-refractivity contribution is 7.92. The van der Waals surface area contributed by atoms with Gasteiger partial charge < -0.3 is 5.32 Å². The van der Waals surface area contributed by atoms with Crippen LogP contribution in [0.25, 0.3) is 0 Å². The Labute approximate surface area is 167 Å². The molecule has 1 amide bonds. The van der Waals surface area contributed by atoms with Gasteiger partial charge in [0.1, 0.15) is 0 Å². The van der Waals surface area contributed by atoms with Crippen molar-refractivity contribution in [2.75, 3.05) is 13.1 Å². The second-order valence-electron chi connectivity index (χ2n) is 7.52. The van der Waals surface area contributed by atoms with Gasteiger partial charge in [0.25, 0.3) is 5.91 Å². The van der Waals surface area contributed by atoms with Gasteiger partial charge in [-0.15, -0.1) is 0 Å². The standard InChI is InChI=1S/C22H28N2O3S/c1-17(2)28(26,27)21-12-6-5-11-20(21)22(25)23-15-18-9-3-4-10-19(18)16-24-13-7-8-14-24/h3-6,9-12,17H,7-8,13-16H2,1-2H3,(H,23,25). The number of carbonyl (C=O) groups is 1. The summed E-state index contributed by atoms with van der Waals surface area (Å²) in [5, 5.41) is 2.33. The van der Waals surface area contributed by atoms with Gasteiger partial charge in [0.15, 0.2) is 9.84 Å². The number of rotatable bonds is 7. The molecule has 1 saturated heterocycles. The average molecular weight is 401 g/mol. The van der Waals surface area contributed by atoms with E-state index < -0.39 is 15.1 Å². The van der Waals surface area contributed by atoms with Gasteiger partial charge in [0, 0.05) is 13.1 Å². The molecule has 0 radical (unpaired) electrons. The lowest BCUT2D eigenvalue weighted by atomic mass is 10.1. The van der Waals surface area contributed by atoms with Crippen LogP contribution >= 0.6 is 0 Å². The highest BCUT2D eigenvalue weighted by atomic mass is 32.2. The van der Waals surface area contributed by atoms with E-state index in [0.717, 1.165) is 25.2 Å². The summed E-state index contributed by atoms with van der Waals surface area (Å²) in [6, 6.07) is 14.5. The molecular formula is C22H28N2O3S. The van der Waals surface area contributed by atoms with Crippen molar-refractivity contribution in [1.82, 2.24) is 10.2 Å². The number of hydrogen-bond acceptors (Lipinski definition) is 4. The van der Waals surface area contributed by atoms with E-state index in [1.54, 1.807) is 32.0 Å². The Morgan fingerprint density at radius 3 is 2.29 bits per heavy atom. The van der Waals surface area contributed by atoms with Crippen LogP contribution in [0.15, 0.2) is 53.4 Å². The van der Waals surface area contributed by atoms with Crippen LogP contribution in [-0.2, 0) is 22.9 Å². The van der Waals surface area contributed by atoms with E-state index in [9.17, 15) is 13.2 Å². The van der Waals surface area contributed by atoms with E-state index in [2.05, 4.69) is 16.3 Å². The fourth-order valence-electron chi connectivity index (χ4n) is 3.49. The molecule has 0 atom stereocenters. The molecule has 1 heterocycles. The van der Waals surface area contributed by atoms with Crippen LogP contribution in [0.5, 0.6) is 0 Å². The van der Waals surface area contributed by atoms with Gasteiger partial charge in [0.05, 0.1) is 15.7 Å². The van der Waals surface area contributed by atoms with Crippen molar-refractivity contribution in [1.29, 1.82) is 0 Å². The van der Waals surface area contributed by atoms with Crippen LogP contribution in [-0.4, -0.2) is 37.6 Å². The predicted molar refractivity (Wildman–Crippen MR) is 111 cm³/mol. The number of nitrogens with zero attached hydrogens (tertiary/aromatic N) is 1. The van der Waals surface area contributed by atoms with Crippen LogP contribution in [0.1, 0.15) is 48.2 Å². The Bertz CT molecular complexity index is 932. The van der Waals surface area contributed by atoms with E-state index in [1.807, 2.05) is 18.2 Å². The van der Waals surface area contributed by atoms with Gasteiger partial charge in [-0.1, -0.05) is 36.4 Å². The van der Waals surface area contributed by atoms with Gasteiger partial charge in [0.2, 0.25) is 0 Å². The van der Waals surface area contributed by atoms with Crippen molar-refractivity contribution < 1.29 is 13.2 Å². The molecule has 2 aromatic carbocycles. The fourth-order valence-corrected chi connectivity index (χ4v) is 4.74. The zero-order valence-corrected chi connectivity index (χ0v) is 17.3. The number of benzene rings is 2. The van der Waals surface area contributed by atoms with E-state index in [0.29, 0.717) is 6.54 Å². The lowest BCUT2D eigenvalue weighted by Crippen LogP contribution is -2.27. The first-order chi connectivity index (χ1) is 13.4. The highest BCUT2D eigenvalue weighted by Gasteiger charge is 2.25. The first-order valence-electron chi connectivity index (χ1n) is 9.80. The number of hydrogen-bond donors (Lipinski definition) is 1. The summed E-state index contributed by atoms with van der Waals surface area (Å²) in [4.78, 5) is 15.3. The highest BCUT2D eigenvalue weighted by Crippen LogP contribution is 2.21. The second-order valence-corrected chi connectivity index (χ2v) is 10.00. The SMILES string of the molecule is CC(C)S(=O)(=O)c1ccccc1C(=O)NCc1ccccc1CN1CCCC1. The smallest absolute Gasteiger partial charge is 0.252 e. The number of likely N-dealkylation sites (tertiary alicyclic amines) is 1. The Kier molecular flexibility index (Phi) is 6.52. The zero-order chi connectivity index (χ0) is 20.1. The van der Waals surface area contributed by atoms with Crippen molar-refractivity contribution in [2.45, 2.75) is 49.9 Å². The average Bonchev–Trinajstić information content (AvgIpc) is 3.20. The summed E-state index contributed by atoms with van der Waals surface area (Å²) in [7, 11) is -3.53. The number of nitrogens with one attached hydrogen (secondary N) is 1. The van der Waals surface area contributed by atoms with Crippen LogP contribution in [0.4, 0.5) is 0 Å². The molecule has 0 bridgehead atoms. The number of amides is 1. The summed E-state index contributed by atoms with van der Waals surface area (Å²) in [5.41, 5.74) is 2.47. The third kappa shape index (κ3) is 4.62. The Morgan fingerprint density at radius 1 is 1.00 bits per heavy atom. The third-order valence-corrected chi connectivity index (χ3v) is 7.42. The second kappa shape index (κ2) is 8.88. The van der Waals surface area contributed by atoms with Crippen LogP contribution in [0.3, 0.4) is 0 Å². The summed E-state index contributed by atoms with van der Waals surface area (Å²) in [6.45, 7) is 6.72. The first kappa shape index (κ1) is 20.6. The lowest BCUT2D eigenvalue weighted by molar-refractivity contribution is 0.0947. The van der Waals surface area contributed by atoms with Crippen molar-refractivity contribution in [3.05, 3.63) is 65.2 Å². The van der Waals surface area contributed by atoms with Crippen molar-refractivity contribution in [3.8, 4) is 0 Å². The minimum atomic E-state index is -3.53. The molecule has 0 unspecified atom stereocenters. The molecule has 0 aromatic heterocycles. The first-order valence-corrected chi connectivity index (χ1v) is 11.3. The van der Waals surface area contributed by atoms with Gasteiger partial charge in [-0.05, 0) is 63.0 Å². The van der Waals surface area contributed by atoms with Crippen LogP contribution in [0.2, 0.25) is 0 Å². The molecule has 1 aliphatic heterocycles. The normalized spacial score (nSPS) is 15.1. The van der Waals surface area contributed by atoms with Crippen molar-refractivity contribution in [2.24, 2.45) is 0 Å². The van der Waals surface area contributed by atoms with Crippen molar-refractivity contribution in [3.63, 3.8) is 0 Å². The van der Waals surface area contributed by atoms with Crippen molar-refractivity contribution >= 4 is 15.7 Å². The predicted octanol–water partition coefficient (Wildman–Crippen LogP) is 3.39. The molecule has 1 fully saturated rings. The largest absolute Gasteiger partial charge is 0.348 e. The van der Waals surface area contributed by atoms with E-state index in [-0.39, 0.29) is 16.4 Å². The van der Waals surface area contributed by atoms with E-state index in [4.69, 9.17) is 0 Å². The lowest BCUT2D eigenvalue weighted by Gasteiger charge is -2.18. The monoisotopic (exact) mass is 400 g/mol. The topological polar surface area (TPSA) is 66.5 Å². The Balaban J connectivity index is 1.75. The minimum Gasteiger partial charge on any atom is -0.348 e. The quantitative estimate of drug-likeness (QED) is 0.774. The molecular weight excluding hydrogens is 372 g/mol. The molecule has 0 aliphatic carbocycles. The Morgan fingerprint density at radius 2 is 1.61 bits per heavy atom. The molecule has 1 N–H and O–H groups in total. The van der Waals surface area contributed by atoms with Gasteiger partial charge in [-0.3, -0.25) is 9.69 Å². The molecule has 1 aliphatic rings. The summed E-state index contributed by atoms with van der Waals surface area (Å²) in [5.74, 6) is -0.365. The van der Waals surface area contributed by atoms with E-state index in [1.165, 1.54) is 24.5 Å². The maximum atomic E-state index is 12.8. The van der Waals surface area contributed by atoms with Gasteiger partial charge in [-0.25, -0.2) is 8.42 Å². The van der Waals surface area contributed by atoms with E-state index >= 15 is 0 Å². The molecule has 150 valence electrons. The third-order valence-electron chi connectivity index (χ3n) is 5.21. The molecule has 0 spiro atoms. The molecule has 0 saturated carbocycles. The maximum absolute atomic E-state index is 12.8. The molecule has 5 nitrogen and oxygen atoms in total. The van der Waals surface area contributed by atoms with Crippen LogP contribution < -0.4 is 5.32 Å². The minimum absolute atomic E-state index is 0.0906. The van der Waals surface area contributed by atoms with Gasteiger partial charge >= 0.3 is 0 Å². The van der Waals surface area contributed by atoms with Crippen LogP contribution in [0, 0.1) is 0 Å². The Hall–Kier alpha value is -2.18. The molecule has 28 heavy (non-hydrogen) atoms.